The minimum atomic E-state index is -4.78. The Morgan fingerprint density at radius 3 is 1.31 bits per heavy atom. The summed E-state index contributed by atoms with van der Waals surface area (Å²) in [5, 5.41) is 9.78. The number of allylic oxidation sites excluding steroid dienone is 17. The van der Waals surface area contributed by atoms with E-state index in [0.29, 0.717) is 19.3 Å². The molecule has 3 unspecified atom stereocenters. The van der Waals surface area contributed by atoms with E-state index in [9.17, 15) is 28.9 Å². The molecule has 12 heteroatoms. The molecule has 0 aliphatic rings. The maximum Gasteiger partial charge on any atom is 0.472 e. The molecule has 0 heterocycles. The number of aliphatic hydroxyl groups excluding tert-OH is 1. The summed E-state index contributed by atoms with van der Waals surface area (Å²) in [5.41, 5.74) is 0. The van der Waals surface area contributed by atoms with Crippen molar-refractivity contribution in [2.75, 3.05) is 26.4 Å². The van der Waals surface area contributed by atoms with Crippen LogP contribution in [0, 0.1) is 0 Å². The zero-order valence-corrected chi connectivity index (χ0v) is 44.6. The Morgan fingerprint density at radius 2 is 0.829 bits per heavy atom. The molecule has 0 saturated heterocycles. The van der Waals surface area contributed by atoms with Gasteiger partial charge < -0.3 is 24.2 Å². The number of unbranched alkanes of at least 4 members (excludes halogenated alkanes) is 14. The van der Waals surface area contributed by atoms with E-state index in [2.05, 4.69) is 106 Å². The van der Waals surface area contributed by atoms with E-state index >= 15 is 0 Å². The topological polar surface area (TPSA) is 155 Å². The standard InChI is InChI=1S/C58H95O11P/c1-4-7-10-13-16-19-22-25-27-30-32-35-38-41-44-47-56(60)65-51-55(69-58(62)49-46-43-40-37-34-31-28-26-23-20-17-14-11-8-5-2)53-67-70(63,64)66-52-54(50-59)68-57(61)48-45-42-39-36-33-29-24-21-18-15-12-9-6-3/h8,11-12,15-17,19-21,24-28,34,37,43,46,54-55,59H,4-7,9-10,13-14,18,22-23,29-33,35-36,38-42,44-45,47-53H2,1-3H3,(H,63,64)/b11-8-,15-12-,19-16-,20-17-,24-21-,27-25-,28-26-,37-34-,46-43-. The molecule has 398 valence electrons. The van der Waals surface area contributed by atoms with E-state index in [0.717, 1.165) is 122 Å². The Bertz CT molecular complexity index is 1590. The third-order valence-electron chi connectivity index (χ3n) is 10.7. The highest BCUT2D eigenvalue weighted by Crippen LogP contribution is 2.43. The first kappa shape index (κ1) is 66.1. The van der Waals surface area contributed by atoms with Crippen molar-refractivity contribution < 1.29 is 52.2 Å². The van der Waals surface area contributed by atoms with Gasteiger partial charge in [0.05, 0.1) is 26.2 Å². The van der Waals surface area contributed by atoms with E-state index in [1.165, 1.54) is 19.3 Å². The summed E-state index contributed by atoms with van der Waals surface area (Å²) < 4.78 is 39.2. The molecule has 0 aromatic rings. The number of rotatable bonds is 48. The molecule has 0 aromatic carbocycles. The van der Waals surface area contributed by atoms with Crippen molar-refractivity contribution in [3.05, 3.63) is 109 Å². The van der Waals surface area contributed by atoms with E-state index < -0.39 is 57.8 Å². The van der Waals surface area contributed by atoms with Crippen LogP contribution in [0.2, 0.25) is 0 Å². The molecule has 0 aromatic heterocycles. The summed E-state index contributed by atoms with van der Waals surface area (Å²) in [6, 6.07) is 0. The average Bonchev–Trinajstić information content (AvgIpc) is 3.35. The first-order valence-electron chi connectivity index (χ1n) is 26.8. The van der Waals surface area contributed by atoms with Crippen LogP contribution in [0.4, 0.5) is 0 Å². The minimum Gasteiger partial charge on any atom is -0.462 e. The lowest BCUT2D eigenvalue weighted by Crippen LogP contribution is -2.30. The van der Waals surface area contributed by atoms with Crippen LogP contribution in [0.5, 0.6) is 0 Å². The van der Waals surface area contributed by atoms with Gasteiger partial charge in [0, 0.05) is 12.8 Å². The first-order valence-corrected chi connectivity index (χ1v) is 28.3. The van der Waals surface area contributed by atoms with Crippen LogP contribution >= 0.6 is 7.82 Å². The molecule has 0 bridgehead atoms. The summed E-state index contributed by atoms with van der Waals surface area (Å²) in [6.45, 7) is 4.27. The lowest BCUT2D eigenvalue weighted by Gasteiger charge is -2.21. The van der Waals surface area contributed by atoms with E-state index in [1.54, 1.807) is 6.08 Å². The van der Waals surface area contributed by atoms with Crippen molar-refractivity contribution in [2.24, 2.45) is 0 Å². The second kappa shape index (κ2) is 51.5. The van der Waals surface area contributed by atoms with Crippen molar-refractivity contribution in [1.29, 1.82) is 0 Å². The SMILES string of the molecule is CC/C=C\C/C=C\C/C=C\C/C=C\C/C=C\CC(=O)OC(COC(=O)CCCCCCC/C=C\C/C=C\CCCCC)COP(=O)(O)OCC(CO)OC(=O)CCCCCCC/C=C\C/C=C\CCC. The minimum absolute atomic E-state index is 0.0736. The van der Waals surface area contributed by atoms with Crippen LogP contribution in [0.3, 0.4) is 0 Å². The van der Waals surface area contributed by atoms with Crippen LogP contribution in [0.25, 0.3) is 0 Å². The maximum absolute atomic E-state index is 12.9. The Balaban J connectivity index is 4.90. The molecule has 11 nitrogen and oxygen atoms in total. The summed E-state index contributed by atoms with van der Waals surface area (Å²) in [6.07, 6.45) is 60.8. The zero-order valence-electron chi connectivity index (χ0n) is 43.7. The normalized spacial score (nSPS) is 14.3. The largest absolute Gasteiger partial charge is 0.472 e. The predicted octanol–water partition coefficient (Wildman–Crippen LogP) is 15.5. The summed E-state index contributed by atoms with van der Waals surface area (Å²) in [4.78, 5) is 48.3. The highest BCUT2D eigenvalue weighted by Gasteiger charge is 2.28. The number of hydrogen-bond donors (Lipinski definition) is 2. The molecule has 0 saturated carbocycles. The maximum atomic E-state index is 12.9. The Labute approximate surface area is 425 Å². The van der Waals surface area contributed by atoms with Gasteiger partial charge in [0.2, 0.25) is 0 Å². The summed E-state index contributed by atoms with van der Waals surface area (Å²) in [5.74, 6) is -1.66. The van der Waals surface area contributed by atoms with Crippen molar-refractivity contribution in [3.8, 4) is 0 Å². The quantitative estimate of drug-likeness (QED) is 0.0197. The molecular formula is C58H95O11P. The molecule has 0 aliphatic heterocycles. The molecule has 0 radical (unpaired) electrons. The molecule has 0 amide bonds. The van der Waals surface area contributed by atoms with Crippen molar-refractivity contribution in [1.82, 2.24) is 0 Å². The van der Waals surface area contributed by atoms with E-state index in [4.69, 9.17) is 23.3 Å². The van der Waals surface area contributed by atoms with Gasteiger partial charge in [0.1, 0.15) is 12.7 Å². The van der Waals surface area contributed by atoms with Gasteiger partial charge in [-0.05, 0) is 103 Å². The number of carbonyl (C=O) groups is 3. The van der Waals surface area contributed by atoms with Gasteiger partial charge in [-0.15, -0.1) is 0 Å². The zero-order chi connectivity index (χ0) is 51.3. The molecule has 0 aliphatic carbocycles. The van der Waals surface area contributed by atoms with Crippen LogP contribution in [0.1, 0.15) is 201 Å². The number of ether oxygens (including phenoxy) is 3. The highest BCUT2D eigenvalue weighted by molar-refractivity contribution is 7.47. The number of phosphoric acid groups is 1. The molecule has 2 N–H and O–H groups in total. The third kappa shape index (κ3) is 49.1. The number of hydrogen-bond acceptors (Lipinski definition) is 10. The monoisotopic (exact) mass is 999 g/mol. The fourth-order valence-electron chi connectivity index (χ4n) is 6.62. The van der Waals surface area contributed by atoms with Gasteiger partial charge >= 0.3 is 25.7 Å². The van der Waals surface area contributed by atoms with Crippen LogP contribution < -0.4 is 0 Å². The van der Waals surface area contributed by atoms with Gasteiger partial charge in [0.25, 0.3) is 0 Å². The lowest BCUT2D eigenvalue weighted by molar-refractivity contribution is -0.160. The van der Waals surface area contributed by atoms with Gasteiger partial charge in [-0.2, -0.15) is 0 Å². The molecule has 0 spiro atoms. The number of aliphatic hydroxyl groups is 1. The fraction of sp³-hybridized carbons (Fsp3) is 0.638. The number of esters is 3. The smallest absolute Gasteiger partial charge is 0.462 e. The third-order valence-corrected chi connectivity index (χ3v) is 11.6. The van der Waals surface area contributed by atoms with Crippen molar-refractivity contribution in [2.45, 2.75) is 213 Å². The van der Waals surface area contributed by atoms with Crippen molar-refractivity contribution >= 4 is 25.7 Å². The van der Waals surface area contributed by atoms with Crippen LogP contribution in [-0.4, -0.2) is 66.5 Å². The first-order chi connectivity index (χ1) is 34.2. The van der Waals surface area contributed by atoms with Crippen LogP contribution in [-0.2, 0) is 42.2 Å². The number of phosphoric ester groups is 1. The molecular weight excluding hydrogens is 904 g/mol. The second-order valence-corrected chi connectivity index (χ2v) is 18.8. The van der Waals surface area contributed by atoms with Gasteiger partial charge in [0.15, 0.2) is 6.10 Å². The predicted molar refractivity (Wildman–Crippen MR) is 288 cm³/mol. The van der Waals surface area contributed by atoms with E-state index in [1.807, 2.05) is 18.2 Å². The molecule has 0 rings (SSSR count). The lowest BCUT2D eigenvalue weighted by atomic mass is 10.1. The number of carbonyl (C=O) groups excluding carboxylic acids is 3. The van der Waals surface area contributed by atoms with E-state index in [-0.39, 0.29) is 25.9 Å². The summed E-state index contributed by atoms with van der Waals surface area (Å²) in [7, 11) is -4.78. The molecule has 70 heavy (non-hydrogen) atoms. The van der Waals surface area contributed by atoms with Crippen molar-refractivity contribution in [3.63, 3.8) is 0 Å². The van der Waals surface area contributed by atoms with Crippen LogP contribution in [0.15, 0.2) is 109 Å². The van der Waals surface area contributed by atoms with Gasteiger partial charge in [-0.3, -0.25) is 23.4 Å². The summed E-state index contributed by atoms with van der Waals surface area (Å²) >= 11 is 0. The average molecular weight is 999 g/mol. The Kier molecular flexibility index (Phi) is 48.7. The fourth-order valence-corrected chi connectivity index (χ4v) is 7.40. The molecule has 3 atom stereocenters. The van der Waals surface area contributed by atoms with Gasteiger partial charge in [-0.25, -0.2) is 4.57 Å². The second-order valence-electron chi connectivity index (χ2n) is 17.3. The Morgan fingerprint density at radius 1 is 0.429 bits per heavy atom. The molecule has 0 fully saturated rings. The van der Waals surface area contributed by atoms with Gasteiger partial charge in [-0.1, -0.05) is 188 Å². The Hall–Kier alpha value is -3.86. The highest BCUT2D eigenvalue weighted by atomic mass is 31.2.